The second kappa shape index (κ2) is 7.39. The zero-order valence-electron chi connectivity index (χ0n) is 9.72. The molecule has 0 spiro atoms. The van der Waals surface area contributed by atoms with Gasteiger partial charge in [-0.05, 0) is 19.8 Å². The smallest absolute Gasteiger partial charge is 0.0118 e. The Labute approximate surface area is 93.5 Å². The highest BCUT2D eigenvalue weighted by atomic mass is 32.2. The molecule has 0 saturated carbocycles. The van der Waals surface area contributed by atoms with E-state index in [1.54, 1.807) is 5.57 Å². The molecule has 1 aliphatic rings. The van der Waals surface area contributed by atoms with Crippen molar-refractivity contribution in [1.29, 1.82) is 0 Å². The lowest BCUT2D eigenvalue weighted by Gasteiger charge is -2.20. The van der Waals surface area contributed by atoms with Crippen molar-refractivity contribution in [3.63, 3.8) is 0 Å². The summed E-state index contributed by atoms with van der Waals surface area (Å²) in [5, 5.41) is 0.932. The van der Waals surface area contributed by atoms with Crippen molar-refractivity contribution in [3.05, 3.63) is 11.6 Å². The average molecular weight is 212 g/mol. The molecule has 0 nitrogen and oxygen atoms in total. The lowest BCUT2D eigenvalue weighted by molar-refractivity contribution is 0.594. The van der Waals surface area contributed by atoms with Gasteiger partial charge in [-0.15, -0.1) is 0 Å². The van der Waals surface area contributed by atoms with E-state index in [4.69, 9.17) is 0 Å². The zero-order valence-corrected chi connectivity index (χ0v) is 10.5. The van der Waals surface area contributed by atoms with E-state index in [1.807, 2.05) is 0 Å². The third-order valence-corrected chi connectivity index (χ3v) is 4.18. The molecule has 0 fully saturated rings. The Balaban J connectivity index is 1.99. The number of allylic oxidation sites excluding steroid dienone is 1. The first-order valence-corrected chi connectivity index (χ1v) is 7.15. The van der Waals surface area contributed by atoms with Crippen molar-refractivity contribution < 1.29 is 0 Å². The van der Waals surface area contributed by atoms with Crippen LogP contribution in [0, 0.1) is 0 Å². The molecular formula is C13H24S. The standard InChI is InChI=1S/C13H24S/c1-3-4-5-6-7-8-13-11-12(2)9-10-14-13/h9,13H,3-8,10-11H2,1-2H3. The maximum atomic E-state index is 2.39. The molecule has 0 N–H and O–H groups in total. The SMILES string of the molecule is CCCCCCCC1CC(C)=CCS1. The van der Waals surface area contributed by atoms with Crippen molar-refractivity contribution in [1.82, 2.24) is 0 Å². The van der Waals surface area contributed by atoms with E-state index >= 15 is 0 Å². The quantitative estimate of drug-likeness (QED) is 0.450. The molecule has 14 heavy (non-hydrogen) atoms. The summed E-state index contributed by atoms with van der Waals surface area (Å²) in [6.45, 7) is 4.56. The van der Waals surface area contributed by atoms with Crippen LogP contribution in [0.3, 0.4) is 0 Å². The van der Waals surface area contributed by atoms with E-state index < -0.39 is 0 Å². The monoisotopic (exact) mass is 212 g/mol. The topological polar surface area (TPSA) is 0 Å². The van der Waals surface area contributed by atoms with Gasteiger partial charge < -0.3 is 0 Å². The number of hydrogen-bond donors (Lipinski definition) is 0. The minimum Gasteiger partial charge on any atom is -0.154 e. The summed E-state index contributed by atoms with van der Waals surface area (Å²) in [5.41, 5.74) is 1.61. The van der Waals surface area contributed by atoms with Gasteiger partial charge in [-0.2, -0.15) is 11.8 Å². The van der Waals surface area contributed by atoms with Gasteiger partial charge >= 0.3 is 0 Å². The largest absolute Gasteiger partial charge is 0.154 e. The normalized spacial score (nSPS) is 22.1. The fourth-order valence-corrected chi connectivity index (χ4v) is 3.36. The summed E-state index contributed by atoms with van der Waals surface area (Å²) >= 11 is 2.15. The molecule has 1 heteroatoms. The maximum Gasteiger partial charge on any atom is 0.0118 e. The summed E-state index contributed by atoms with van der Waals surface area (Å²) in [5.74, 6) is 1.26. The second-order valence-corrected chi connectivity index (χ2v) is 5.75. The van der Waals surface area contributed by atoms with Gasteiger partial charge in [0.2, 0.25) is 0 Å². The van der Waals surface area contributed by atoms with Gasteiger partial charge in [0.1, 0.15) is 0 Å². The number of rotatable bonds is 6. The molecule has 1 rings (SSSR count). The highest BCUT2D eigenvalue weighted by Gasteiger charge is 2.12. The van der Waals surface area contributed by atoms with Crippen LogP contribution in [0.5, 0.6) is 0 Å². The molecule has 0 aromatic heterocycles. The molecular weight excluding hydrogens is 188 g/mol. The molecule has 0 saturated heterocycles. The zero-order chi connectivity index (χ0) is 10.2. The molecule has 1 unspecified atom stereocenters. The van der Waals surface area contributed by atoms with Crippen LogP contribution >= 0.6 is 11.8 Å². The third-order valence-electron chi connectivity index (χ3n) is 2.94. The van der Waals surface area contributed by atoms with E-state index in [0.717, 1.165) is 5.25 Å². The molecule has 82 valence electrons. The molecule has 0 amide bonds. The lowest BCUT2D eigenvalue weighted by Crippen LogP contribution is -2.08. The molecule has 0 bridgehead atoms. The Bertz CT molecular complexity index is 172. The predicted octanol–water partition coefficient (Wildman–Crippen LogP) is 4.80. The summed E-state index contributed by atoms with van der Waals surface area (Å²) in [4.78, 5) is 0. The minimum atomic E-state index is 0.932. The first-order valence-electron chi connectivity index (χ1n) is 6.10. The summed E-state index contributed by atoms with van der Waals surface area (Å²) < 4.78 is 0. The molecule has 1 aliphatic heterocycles. The highest BCUT2D eigenvalue weighted by molar-refractivity contribution is 8.00. The van der Waals surface area contributed by atoms with Gasteiger partial charge in [-0.1, -0.05) is 50.7 Å². The maximum absolute atomic E-state index is 2.39. The molecule has 1 atom stereocenters. The molecule has 0 aromatic rings. The van der Waals surface area contributed by atoms with Crippen LogP contribution in [0.25, 0.3) is 0 Å². The van der Waals surface area contributed by atoms with Crippen LogP contribution < -0.4 is 0 Å². The van der Waals surface area contributed by atoms with E-state index in [1.165, 1.54) is 50.7 Å². The average Bonchev–Trinajstić information content (AvgIpc) is 2.18. The Morgan fingerprint density at radius 3 is 2.79 bits per heavy atom. The van der Waals surface area contributed by atoms with Crippen LogP contribution in [0.4, 0.5) is 0 Å². The minimum absolute atomic E-state index is 0.932. The first-order chi connectivity index (χ1) is 6.83. The lowest BCUT2D eigenvalue weighted by atomic mass is 10.0. The third kappa shape index (κ3) is 5.09. The van der Waals surface area contributed by atoms with Gasteiger partial charge in [0.05, 0.1) is 0 Å². The Morgan fingerprint density at radius 1 is 1.29 bits per heavy atom. The van der Waals surface area contributed by atoms with Crippen molar-refractivity contribution in [2.45, 2.75) is 64.0 Å². The van der Waals surface area contributed by atoms with Crippen molar-refractivity contribution >= 4 is 11.8 Å². The van der Waals surface area contributed by atoms with Crippen LogP contribution in [0.1, 0.15) is 58.8 Å². The summed E-state index contributed by atoms with van der Waals surface area (Å²) in [6.07, 6.45) is 12.3. The number of hydrogen-bond acceptors (Lipinski definition) is 1. The van der Waals surface area contributed by atoms with Gasteiger partial charge in [0, 0.05) is 11.0 Å². The highest BCUT2D eigenvalue weighted by Crippen LogP contribution is 2.28. The number of unbranched alkanes of at least 4 members (excludes halogenated alkanes) is 4. The predicted molar refractivity (Wildman–Crippen MR) is 68.0 cm³/mol. The van der Waals surface area contributed by atoms with E-state index in [2.05, 4.69) is 31.7 Å². The second-order valence-electron chi connectivity index (χ2n) is 4.41. The Morgan fingerprint density at radius 2 is 2.07 bits per heavy atom. The van der Waals surface area contributed by atoms with Crippen molar-refractivity contribution in [2.24, 2.45) is 0 Å². The molecule has 0 aromatic carbocycles. The fourth-order valence-electron chi connectivity index (χ4n) is 1.99. The van der Waals surface area contributed by atoms with Gasteiger partial charge in [-0.25, -0.2) is 0 Å². The van der Waals surface area contributed by atoms with Crippen molar-refractivity contribution in [3.8, 4) is 0 Å². The summed E-state index contributed by atoms with van der Waals surface area (Å²) in [6, 6.07) is 0. The van der Waals surface area contributed by atoms with E-state index in [-0.39, 0.29) is 0 Å². The Kier molecular flexibility index (Phi) is 6.42. The van der Waals surface area contributed by atoms with E-state index in [9.17, 15) is 0 Å². The fraction of sp³-hybridized carbons (Fsp3) is 0.846. The molecule has 0 aliphatic carbocycles. The van der Waals surface area contributed by atoms with E-state index in [0.29, 0.717) is 0 Å². The molecule has 0 radical (unpaired) electrons. The molecule has 1 heterocycles. The first kappa shape index (κ1) is 12.2. The van der Waals surface area contributed by atoms with Gasteiger partial charge in [-0.3, -0.25) is 0 Å². The summed E-state index contributed by atoms with van der Waals surface area (Å²) in [7, 11) is 0. The van der Waals surface area contributed by atoms with Crippen LogP contribution in [0.2, 0.25) is 0 Å². The van der Waals surface area contributed by atoms with Gasteiger partial charge in [0.25, 0.3) is 0 Å². The van der Waals surface area contributed by atoms with Crippen LogP contribution in [-0.2, 0) is 0 Å². The van der Waals surface area contributed by atoms with Crippen molar-refractivity contribution in [2.75, 3.05) is 5.75 Å². The number of thioether (sulfide) groups is 1. The van der Waals surface area contributed by atoms with Crippen LogP contribution in [-0.4, -0.2) is 11.0 Å². The van der Waals surface area contributed by atoms with Gasteiger partial charge in [0.15, 0.2) is 0 Å². The van der Waals surface area contributed by atoms with Crippen LogP contribution in [0.15, 0.2) is 11.6 Å². The Hall–Kier alpha value is 0.0900.